The Kier molecular flexibility index (Phi) is 6.02. The van der Waals surface area contributed by atoms with Gasteiger partial charge in [-0.2, -0.15) is 0 Å². The molecule has 0 aliphatic heterocycles. The molecular weight excluding hydrogens is 436 g/mol. The Bertz CT molecular complexity index is 1360. The lowest BCUT2D eigenvalue weighted by atomic mass is 9.83. The smallest absolute Gasteiger partial charge is 0.338 e. The minimum absolute atomic E-state index is 0.234. The molecule has 1 aromatic carbocycles. The molecule has 0 saturated carbocycles. The van der Waals surface area contributed by atoms with Gasteiger partial charge in [-0.05, 0) is 51.1 Å². The zero-order valence-corrected chi connectivity index (χ0v) is 19.5. The van der Waals surface area contributed by atoms with Gasteiger partial charge in [-0.25, -0.2) is 9.59 Å². The Labute approximate surface area is 204 Å². The van der Waals surface area contributed by atoms with Crippen LogP contribution in [0.15, 0.2) is 103 Å². The van der Waals surface area contributed by atoms with Gasteiger partial charge in [0.15, 0.2) is 0 Å². The molecular formula is C31H24O4. The standard InChI is InChI=1S/C31H24O4/c1-34-30(32)27-18-25(21-14-8-4-10-16-23(21)27)29(20-12-6-3-7-13-20)26-19-28(31(33)35-2)24-17-11-5-9-15-22(24)26/h3-19,29H,1-2H3. The molecule has 0 amide bonds. The van der Waals surface area contributed by atoms with Crippen molar-refractivity contribution in [2.24, 2.45) is 0 Å². The van der Waals surface area contributed by atoms with E-state index in [-0.39, 0.29) is 17.9 Å². The second-order valence-electron chi connectivity index (χ2n) is 8.33. The lowest BCUT2D eigenvalue weighted by molar-refractivity contribution is 0.0593. The summed E-state index contributed by atoms with van der Waals surface area (Å²) in [5, 5.41) is 0. The summed E-state index contributed by atoms with van der Waals surface area (Å²) in [5.41, 5.74) is 7.60. The van der Waals surface area contributed by atoms with Crippen LogP contribution in [0.5, 0.6) is 0 Å². The number of rotatable bonds is 5. The van der Waals surface area contributed by atoms with Crippen molar-refractivity contribution in [2.45, 2.75) is 5.92 Å². The maximum absolute atomic E-state index is 12.7. The topological polar surface area (TPSA) is 52.6 Å². The van der Waals surface area contributed by atoms with Crippen LogP contribution in [0, 0.1) is 0 Å². The molecule has 0 radical (unpaired) electrons. The number of esters is 2. The van der Waals surface area contributed by atoms with Crippen LogP contribution in [0.2, 0.25) is 0 Å². The van der Waals surface area contributed by atoms with E-state index in [0.29, 0.717) is 11.1 Å². The molecule has 0 fully saturated rings. The molecule has 0 unspecified atom stereocenters. The maximum atomic E-state index is 12.7. The van der Waals surface area contributed by atoms with E-state index in [1.807, 2.05) is 91.0 Å². The van der Waals surface area contributed by atoms with Gasteiger partial charge in [-0.15, -0.1) is 0 Å². The summed E-state index contributed by atoms with van der Waals surface area (Å²) in [6.07, 6.45) is 0. The number of methoxy groups -OCH3 is 2. The zero-order valence-electron chi connectivity index (χ0n) is 19.5. The summed E-state index contributed by atoms with van der Waals surface area (Å²) in [6, 6.07) is 33.6. The van der Waals surface area contributed by atoms with Crippen LogP contribution in [0.4, 0.5) is 0 Å². The van der Waals surface area contributed by atoms with E-state index in [1.165, 1.54) is 14.2 Å². The fraction of sp³-hybridized carbons (Fsp3) is 0.0968. The third kappa shape index (κ3) is 3.93. The Morgan fingerprint density at radius 3 is 1.31 bits per heavy atom. The molecule has 35 heavy (non-hydrogen) atoms. The number of ether oxygens (including phenoxy) is 2. The number of carbonyl (C=O) groups excluding carboxylic acids is 2. The van der Waals surface area contributed by atoms with E-state index in [1.54, 1.807) is 0 Å². The molecule has 172 valence electrons. The van der Waals surface area contributed by atoms with Crippen molar-refractivity contribution >= 4 is 11.9 Å². The van der Waals surface area contributed by atoms with E-state index < -0.39 is 0 Å². The van der Waals surface area contributed by atoms with E-state index in [0.717, 1.165) is 38.9 Å². The second-order valence-corrected chi connectivity index (χ2v) is 8.33. The van der Waals surface area contributed by atoms with Crippen molar-refractivity contribution < 1.29 is 19.1 Å². The summed E-state index contributed by atoms with van der Waals surface area (Å²) >= 11 is 0. The van der Waals surface area contributed by atoms with Crippen LogP contribution < -0.4 is 0 Å². The predicted molar refractivity (Wildman–Crippen MR) is 136 cm³/mol. The highest BCUT2D eigenvalue weighted by Crippen LogP contribution is 2.47. The second kappa shape index (κ2) is 9.43. The van der Waals surface area contributed by atoms with Crippen molar-refractivity contribution in [3.05, 3.63) is 131 Å². The number of hydrogen-bond acceptors (Lipinski definition) is 4. The molecule has 4 nitrogen and oxygen atoms in total. The molecule has 0 atom stereocenters. The van der Waals surface area contributed by atoms with Crippen LogP contribution in [-0.2, 0) is 9.47 Å². The van der Waals surface area contributed by atoms with Crippen molar-refractivity contribution in [3.8, 4) is 22.3 Å². The minimum Gasteiger partial charge on any atom is -0.465 e. The fourth-order valence-electron chi connectivity index (χ4n) is 4.90. The van der Waals surface area contributed by atoms with E-state index in [4.69, 9.17) is 9.47 Å². The van der Waals surface area contributed by atoms with Crippen molar-refractivity contribution in [1.29, 1.82) is 0 Å². The zero-order chi connectivity index (χ0) is 24.4. The third-order valence-corrected chi connectivity index (χ3v) is 6.44. The first-order valence-electron chi connectivity index (χ1n) is 11.4. The molecule has 0 heterocycles. The summed E-state index contributed by atoms with van der Waals surface area (Å²) < 4.78 is 10.2. The van der Waals surface area contributed by atoms with Crippen LogP contribution in [0.25, 0.3) is 22.3 Å². The first-order chi connectivity index (χ1) is 17.1. The van der Waals surface area contributed by atoms with Crippen LogP contribution in [0.1, 0.15) is 43.3 Å². The highest BCUT2D eigenvalue weighted by atomic mass is 16.5. The molecule has 0 spiro atoms. The lowest BCUT2D eigenvalue weighted by Crippen LogP contribution is -2.03. The van der Waals surface area contributed by atoms with Gasteiger partial charge in [0.25, 0.3) is 0 Å². The van der Waals surface area contributed by atoms with E-state index in [2.05, 4.69) is 12.1 Å². The molecule has 5 rings (SSSR count). The molecule has 4 aliphatic carbocycles. The number of benzene rings is 1. The van der Waals surface area contributed by atoms with E-state index >= 15 is 0 Å². The number of hydrogen-bond donors (Lipinski definition) is 0. The number of fused-ring (bicyclic) bond motifs is 2. The first kappa shape index (κ1) is 22.4. The molecule has 0 saturated heterocycles. The molecule has 1 aromatic rings. The lowest BCUT2D eigenvalue weighted by Gasteiger charge is -2.19. The average molecular weight is 461 g/mol. The van der Waals surface area contributed by atoms with Crippen LogP contribution in [-0.4, -0.2) is 26.2 Å². The predicted octanol–water partition coefficient (Wildman–Crippen LogP) is 6.65. The van der Waals surface area contributed by atoms with Crippen molar-refractivity contribution in [2.75, 3.05) is 14.2 Å². The SMILES string of the molecule is COC(=O)c1cc(C(c2ccccc2)c2cc(C(=O)OC)c3cccccc2-3)c2cccccc1-2. The van der Waals surface area contributed by atoms with Gasteiger partial charge in [0.2, 0.25) is 0 Å². The van der Waals surface area contributed by atoms with Gasteiger partial charge in [-0.1, -0.05) is 91.0 Å². The van der Waals surface area contributed by atoms with Crippen LogP contribution >= 0.6 is 0 Å². The van der Waals surface area contributed by atoms with Crippen molar-refractivity contribution in [3.63, 3.8) is 0 Å². The quantitative estimate of drug-likeness (QED) is 0.276. The Balaban J connectivity index is 1.84. The summed E-state index contributed by atoms with van der Waals surface area (Å²) in [6.45, 7) is 0. The monoisotopic (exact) mass is 460 g/mol. The highest BCUT2D eigenvalue weighted by molar-refractivity contribution is 6.02. The Morgan fingerprint density at radius 1 is 0.543 bits per heavy atom. The van der Waals surface area contributed by atoms with Gasteiger partial charge in [0.05, 0.1) is 25.3 Å². The Morgan fingerprint density at radius 2 is 0.914 bits per heavy atom. The summed E-state index contributed by atoms with van der Waals surface area (Å²) in [4.78, 5) is 25.5. The third-order valence-electron chi connectivity index (χ3n) is 6.44. The van der Waals surface area contributed by atoms with Gasteiger partial charge < -0.3 is 9.47 Å². The highest BCUT2D eigenvalue weighted by Gasteiger charge is 2.31. The molecule has 4 heteroatoms. The Hall–Kier alpha value is -4.44. The van der Waals surface area contributed by atoms with Crippen molar-refractivity contribution in [1.82, 2.24) is 0 Å². The van der Waals surface area contributed by atoms with Gasteiger partial charge in [0, 0.05) is 5.92 Å². The molecule has 0 aromatic heterocycles. The van der Waals surface area contributed by atoms with Gasteiger partial charge in [-0.3, -0.25) is 0 Å². The van der Waals surface area contributed by atoms with E-state index in [9.17, 15) is 9.59 Å². The number of carbonyl (C=O) groups is 2. The molecule has 0 bridgehead atoms. The normalized spacial score (nSPS) is 11.1. The fourth-order valence-corrected chi connectivity index (χ4v) is 4.90. The summed E-state index contributed by atoms with van der Waals surface area (Å²) in [5.74, 6) is -0.996. The van der Waals surface area contributed by atoms with Gasteiger partial charge in [0.1, 0.15) is 0 Å². The molecule has 4 aliphatic rings. The van der Waals surface area contributed by atoms with Gasteiger partial charge >= 0.3 is 11.9 Å². The molecule has 0 N–H and O–H groups in total. The van der Waals surface area contributed by atoms with Crippen LogP contribution in [0.3, 0.4) is 0 Å². The minimum atomic E-state index is -0.381. The first-order valence-corrected chi connectivity index (χ1v) is 11.4. The maximum Gasteiger partial charge on any atom is 0.338 e. The summed E-state index contributed by atoms with van der Waals surface area (Å²) in [7, 11) is 2.79. The average Bonchev–Trinajstić information content (AvgIpc) is 3.18. The largest absolute Gasteiger partial charge is 0.465 e.